The van der Waals surface area contributed by atoms with Gasteiger partial charge in [-0.3, -0.25) is 4.79 Å². The molecule has 0 unspecified atom stereocenters. The Morgan fingerprint density at radius 2 is 2.00 bits per heavy atom. The first-order chi connectivity index (χ1) is 10.0. The van der Waals surface area contributed by atoms with Crippen molar-refractivity contribution in [3.8, 4) is 0 Å². The predicted octanol–water partition coefficient (Wildman–Crippen LogP) is 1.25. The molecule has 0 spiro atoms. The Kier molecular flexibility index (Phi) is 2.60. The normalized spacial score (nSPS) is 26.4. The Morgan fingerprint density at radius 1 is 1.19 bits per heavy atom. The lowest BCUT2D eigenvalue weighted by molar-refractivity contribution is 0.0740. The zero-order valence-corrected chi connectivity index (χ0v) is 12.1. The average Bonchev–Trinajstić information content (AvgIpc) is 3.02. The summed E-state index contributed by atoms with van der Waals surface area (Å²) in [6, 6.07) is 11.0. The molecule has 1 aromatic carbocycles. The second-order valence-corrected chi connectivity index (χ2v) is 8.01. The number of fused-ring (bicyclic) bond motifs is 3. The number of sulfone groups is 1. The molecule has 6 heteroatoms. The molecule has 2 aliphatic rings. The van der Waals surface area contributed by atoms with E-state index in [0.717, 1.165) is 10.9 Å². The number of aromatic nitrogens is 1. The second kappa shape index (κ2) is 4.27. The van der Waals surface area contributed by atoms with Gasteiger partial charge in [-0.15, -0.1) is 0 Å². The number of carbonyl (C=O) groups is 1. The van der Waals surface area contributed by atoms with Gasteiger partial charge < -0.3 is 4.90 Å². The predicted molar refractivity (Wildman–Crippen MR) is 78.8 cm³/mol. The summed E-state index contributed by atoms with van der Waals surface area (Å²) in [5.41, 5.74) is 1.17. The van der Waals surface area contributed by atoms with Gasteiger partial charge in [0.1, 0.15) is 5.69 Å². The van der Waals surface area contributed by atoms with Crippen molar-refractivity contribution >= 4 is 26.6 Å². The van der Waals surface area contributed by atoms with E-state index in [0.29, 0.717) is 18.7 Å². The molecular weight excluding hydrogens is 288 g/mol. The summed E-state index contributed by atoms with van der Waals surface area (Å²) < 4.78 is 23.5. The number of amides is 1. The van der Waals surface area contributed by atoms with E-state index < -0.39 is 9.84 Å². The molecule has 3 heterocycles. The molecule has 0 N–H and O–H groups in total. The van der Waals surface area contributed by atoms with E-state index in [2.05, 4.69) is 4.98 Å². The van der Waals surface area contributed by atoms with Crippen molar-refractivity contribution < 1.29 is 13.2 Å². The monoisotopic (exact) mass is 302 g/mol. The highest BCUT2D eigenvalue weighted by molar-refractivity contribution is 7.92. The molecule has 1 aromatic heterocycles. The van der Waals surface area contributed by atoms with Gasteiger partial charge in [-0.25, -0.2) is 13.4 Å². The van der Waals surface area contributed by atoms with Crippen LogP contribution in [-0.2, 0) is 9.84 Å². The summed E-state index contributed by atoms with van der Waals surface area (Å²) in [5, 5.41) is 0.603. The molecule has 2 aromatic rings. The van der Waals surface area contributed by atoms with Crippen molar-refractivity contribution in [1.82, 2.24) is 9.88 Å². The molecule has 0 radical (unpaired) electrons. The van der Waals surface area contributed by atoms with E-state index >= 15 is 0 Å². The molecule has 21 heavy (non-hydrogen) atoms. The number of benzene rings is 1. The maximum absolute atomic E-state index is 12.6. The molecule has 1 amide bonds. The maximum Gasteiger partial charge on any atom is 0.272 e. The molecular formula is C15H14N2O3S. The van der Waals surface area contributed by atoms with Gasteiger partial charge in [0.25, 0.3) is 5.91 Å². The first kappa shape index (κ1) is 12.8. The highest BCUT2D eigenvalue weighted by Gasteiger charge is 2.50. The van der Waals surface area contributed by atoms with Gasteiger partial charge in [-0.2, -0.15) is 0 Å². The molecule has 4 rings (SSSR count). The van der Waals surface area contributed by atoms with Crippen LogP contribution in [0.25, 0.3) is 10.9 Å². The fraction of sp³-hybridized carbons (Fsp3) is 0.333. The molecule has 2 bridgehead atoms. The van der Waals surface area contributed by atoms with Crippen LogP contribution < -0.4 is 0 Å². The summed E-state index contributed by atoms with van der Waals surface area (Å²) in [6.07, 6.45) is 0.571. The number of carbonyl (C=O) groups excluding carboxylic acids is 1. The first-order valence-corrected chi connectivity index (χ1v) is 8.64. The minimum atomic E-state index is -2.98. The van der Waals surface area contributed by atoms with E-state index in [4.69, 9.17) is 0 Å². The lowest BCUT2D eigenvalue weighted by Crippen LogP contribution is -2.44. The van der Waals surface area contributed by atoms with Crippen LogP contribution in [0.3, 0.4) is 0 Å². The largest absolute Gasteiger partial charge is 0.332 e. The zero-order valence-electron chi connectivity index (χ0n) is 11.3. The third-order valence-corrected chi connectivity index (χ3v) is 6.59. The minimum Gasteiger partial charge on any atom is -0.332 e. The number of pyridine rings is 1. The van der Waals surface area contributed by atoms with E-state index in [-0.39, 0.29) is 23.0 Å². The van der Waals surface area contributed by atoms with Crippen LogP contribution in [0.1, 0.15) is 16.9 Å². The summed E-state index contributed by atoms with van der Waals surface area (Å²) in [6.45, 7) is 0.306. The zero-order chi connectivity index (χ0) is 14.6. The number of para-hydroxylation sites is 1. The number of likely N-dealkylation sites (tertiary alicyclic amines) is 1. The molecule has 5 nitrogen and oxygen atoms in total. The van der Waals surface area contributed by atoms with Gasteiger partial charge >= 0.3 is 0 Å². The SMILES string of the molecule is O=C(c1ccc2ccccc2n1)N1C[C@H]2C[C@H]1CS2(=O)=O. The Balaban J connectivity index is 1.66. The van der Waals surface area contributed by atoms with Crippen LogP contribution in [0, 0.1) is 0 Å². The topological polar surface area (TPSA) is 67.3 Å². The molecule has 108 valence electrons. The maximum atomic E-state index is 12.6. The standard InChI is InChI=1S/C15H14N2O3S/c18-15(17-8-12-7-11(17)9-21(12,19)20)14-6-5-10-3-1-2-4-13(10)16-14/h1-6,11-12H,7-9H2/t11-,12+/m0/s1. The highest BCUT2D eigenvalue weighted by Crippen LogP contribution is 2.33. The van der Waals surface area contributed by atoms with Crippen LogP contribution in [0.2, 0.25) is 0 Å². The van der Waals surface area contributed by atoms with Crippen LogP contribution in [-0.4, -0.2) is 47.8 Å². The van der Waals surface area contributed by atoms with Gasteiger partial charge in [0.05, 0.1) is 16.5 Å². The third kappa shape index (κ3) is 1.93. The number of hydrogen-bond donors (Lipinski definition) is 0. The van der Waals surface area contributed by atoms with Gasteiger partial charge in [0, 0.05) is 18.0 Å². The minimum absolute atomic E-state index is 0.0942. The Morgan fingerprint density at radius 3 is 2.71 bits per heavy atom. The molecule has 2 aliphatic heterocycles. The Labute approximate surface area is 122 Å². The van der Waals surface area contributed by atoms with E-state index in [1.54, 1.807) is 11.0 Å². The van der Waals surface area contributed by atoms with Crippen molar-refractivity contribution in [3.63, 3.8) is 0 Å². The third-order valence-electron chi connectivity index (χ3n) is 4.39. The molecule has 2 saturated heterocycles. The van der Waals surface area contributed by atoms with Crippen molar-refractivity contribution in [2.24, 2.45) is 0 Å². The van der Waals surface area contributed by atoms with Crippen molar-refractivity contribution in [3.05, 3.63) is 42.1 Å². The Bertz CT molecular complexity index is 847. The van der Waals surface area contributed by atoms with Gasteiger partial charge in [-0.05, 0) is 18.6 Å². The van der Waals surface area contributed by atoms with Gasteiger partial charge in [0.2, 0.25) is 0 Å². The Hall–Kier alpha value is -1.95. The molecule has 2 fully saturated rings. The van der Waals surface area contributed by atoms with Gasteiger partial charge in [-0.1, -0.05) is 24.3 Å². The highest BCUT2D eigenvalue weighted by atomic mass is 32.2. The number of nitrogens with zero attached hydrogens (tertiary/aromatic N) is 2. The molecule has 0 saturated carbocycles. The smallest absolute Gasteiger partial charge is 0.272 e. The van der Waals surface area contributed by atoms with E-state index in [1.807, 2.05) is 30.3 Å². The van der Waals surface area contributed by atoms with Crippen LogP contribution in [0.15, 0.2) is 36.4 Å². The molecule has 0 aliphatic carbocycles. The summed E-state index contributed by atoms with van der Waals surface area (Å²) in [4.78, 5) is 18.6. The fourth-order valence-corrected chi connectivity index (χ4v) is 5.30. The van der Waals surface area contributed by atoms with E-state index in [9.17, 15) is 13.2 Å². The second-order valence-electron chi connectivity index (χ2n) is 5.69. The van der Waals surface area contributed by atoms with E-state index in [1.165, 1.54) is 0 Å². The summed E-state index contributed by atoms with van der Waals surface area (Å²) in [7, 11) is -2.98. The van der Waals surface area contributed by atoms with Crippen molar-refractivity contribution in [1.29, 1.82) is 0 Å². The van der Waals surface area contributed by atoms with Crippen molar-refractivity contribution in [2.75, 3.05) is 12.3 Å². The molecule has 2 atom stereocenters. The summed E-state index contributed by atoms with van der Waals surface area (Å²) >= 11 is 0. The fourth-order valence-electron chi connectivity index (χ4n) is 3.28. The summed E-state index contributed by atoms with van der Waals surface area (Å²) in [5.74, 6) is -0.0695. The lowest BCUT2D eigenvalue weighted by atomic mass is 10.2. The van der Waals surface area contributed by atoms with Gasteiger partial charge in [0.15, 0.2) is 9.84 Å². The lowest BCUT2D eigenvalue weighted by Gasteiger charge is -2.26. The van der Waals surface area contributed by atoms with Crippen LogP contribution >= 0.6 is 0 Å². The van der Waals surface area contributed by atoms with Crippen molar-refractivity contribution in [2.45, 2.75) is 17.7 Å². The number of rotatable bonds is 1. The van der Waals surface area contributed by atoms with Crippen LogP contribution in [0.4, 0.5) is 0 Å². The first-order valence-electron chi connectivity index (χ1n) is 6.93. The number of hydrogen-bond acceptors (Lipinski definition) is 4. The average molecular weight is 302 g/mol. The quantitative estimate of drug-likeness (QED) is 0.795. The van der Waals surface area contributed by atoms with Crippen LogP contribution in [0.5, 0.6) is 0 Å².